The van der Waals surface area contributed by atoms with Gasteiger partial charge in [0.15, 0.2) is 0 Å². The molecule has 1 N–H and O–H groups in total. The van der Waals surface area contributed by atoms with Crippen LogP contribution in [0.15, 0.2) is 35.7 Å². The second kappa shape index (κ2) is 3.73. The molecule has 2 heterocycles. The van der Waals surface area contributed by atoms with Crippen molar-refractivity contribution in [1.82, 2.24) is 4.90 Å². The van der Waals surface area contributed by atoms with Gasteiger partial charge in [-0.1, -0.05) is 19.1 Å². The fraction of sp³-hybridized carbons (Fsp3) is 0.364. The number of rotatable bonds is 3. The molecular weight excluding hydrogens is 224 g/mol. The summed E-state index contributed by atoms with van der Waals surface area (Å²) in [6.07, 6.45) is 6.64. The van der Waals surface area contributed by atoms with Gasteiger partial charge in [-0.05, 0) is 6.08 Å². The molecule has 6 heteroatoms. The molecule has 0 aromatic carbocycles. The summed E-state index contributed by atoms with van der Waals surface area (Å²) >= 11 is 0. The molecule has 0 bridgehead atoms. The minimum Gasteiger partial charge on any atom is -0.478 e. The highest BCUT2D eigenvalue weighted by Crippen LogP contribution is 2.42. The lowest BCUT2D eigenvalue weighted by Crippen LogP contribution is -2.44. The highest BCUT2D eigenvalue weighted by Gasteiger charge is 2.57. The van der Waals surface area contributed by atoms with Crippen molar-refractivity contribution in [3.63, 3.8) is 0 Å². The lowest BCUT2D eigenvalue weighted by Gasteiger charge is -2.26. The van der Waals surface area contributed by atoms with Gasteiger partial charge in [-0.3, -0.25) is 10.1 Å². The molecule has 6 nitrogen and oxygen atoms in total. The molecule has 2 aliphatic heterocycles. The van der Waals surface area contributed by atoms with E-state index in [1.807, 2.05) is 6.08 Å². The Kier molecular flexibility index (Phi) is 2.49. The van der Waals surface area contributed by atoms with E-state index in [2.05, 4.69) is 0 Å². The third-order valence-corrected chi connectivity index (χ3v) is 3.21. The van der Waals surface area contributed by atoms with Crippen LogP contribution in [0.25, 0.3) is 0 Å². The van der Waals surface area contributed by atoms with E-state index in [9.17, 15) is 14.9 Å². The van der Waals surface area contributed by atoms with Crippen LogP contribution in [-0.2, 0) is 4.79 Å². The van der Waals surface area contributed by atoms with Gasteiger partial charge in [-0.15, -0.1) is 0 Å². The standard InChI is InChI=1S/C11H12N2O4/c1-2-11(13(16)17)8(10(14)15)7-12-6-4-3-5-9(11)12/h3-5,7H,2,6H2,1H3,(H,14,15). The number of hydrogen-bond acceptors (Lipinski definition) is 4. The molecule has 0 spiro atoms. The minimum absolute atomic E-state index is 0.119. The molecule has 17 heavy (non-hydrogen) atoms. The van der Waals surface area contributed by atoms with Gasteiger partial charge >= 0.3 is 5.97 Å². The Labute approximate surface area is 97.7 Å². The van der Waals surface area contributed by atoms with Crippen molar-refractivity contribution >= 4 is 5.97 Å². The lowest BCUT2D eigenvalue weighted by molar-refractivity contribution is -0.546. The summed E-state index contributed by atoms with van der Waals surface area (Å²) in [7, 11) is 0. The van der Waals surface area contributed by atoms with Gasteiger partial charge in [0.25, 0.3) is 5.54 Å². The molecule has 0 fully saturated rings. The molecular formula is C11H12N2O4. The summed E-state index contributed by atoms with van der Waals surface area (Å²) in [5, 5.41) is 20.5. The van der Waals surface area contributed by atoms with Gasteiger partial charge in [0, 0.05) is 24.1 Å². The Morgan fingerprint density at radius 3 is 2.94 bits per heavy atom. The summed E-state index contributed by atoms with van der Waals surface area (Å²) in [4.78, 5) is 23.6. The van der Waals surface area contributed by atoms with Crippen molar-refractivity contribution in [2.45, 2.75) is 18.9 Å². The van der Waals surface area contributed by atoms with Crippen LogP contribution < -0.4 is 0 Å². The number of aliphatic carboxylic acids is 1. The summed E-state index contributed by atoms with van der Waals surface area (Å²) < 4.78 is 0. The third kappa shape index (κ3) is 1.37. The van der Waals surface area contributed by atoms with Crippen LogP contribution in [0.4, 0.5) is 0 Å². The van der Waals surface area contributed by atoms with Crippen LogP contribution in [0.3, 0.4) is 0 Å². The normalized spacial score (nSPS) is 26.3. The van der Waals surface area contributed by atoms with Crippen molar-refractivity contribution < 1.29 is 14.8 Å². The molecule has 0 radical (unpaired) electrons. The van der Waals surface area contributed by atoms with Crippen molar-refractivity contribution in [1.29, 1.82) is 0 Å². The monoisotopic (exact) mass is 236 g/mol. The zero-order valence-corrected chi connectivity index (χ0v) is 9.29. The highest BCUT2D eigenvalue weighted by molar-refractivity contribution is 5.91. The first-order chi connectivity index (χ1) is 8.04. The van der Waals surface area contributed by atoms with Crippen LogP contribution >= 0.6 is 0 Å². The largest absolute Gasteiger partial charge is 0.478 e. The summed E-state index contributed by atoms with van der Waals surface area (Å²) in [5.74, 6) is -1.24. The molecule has 0 saturated carbocycles. The maximum absolute atomic E-state index is 11.3. The van der Waals surface area contributed by atoms with Crippen LogP contribution in [0.5, 0.6) is 0 Å². The average molecular weight is 236 g/mol. The number of nitrogens with zero attached hydrogens (tertiary/aromatic N) is 2. The Bertz CT molecular complexity index is 478. The average Bonchev–Trinajstić information content (AvgIpc) is 2.64. The fourth-order valence-corrected chi connectivity index (χ4v) is 2.35. The minimum atomic E-state index is -1.61. The number of nitro groups is 1. The van der Waals surface area contributed by atoms with Crippen molar-refractivity contribution in [3.05, 3.63) is 45.8 Å². The Hall–Kier alpha value is -2.11. The molecule has 1 atom stereocenters. The first kappa shape index (κ1) is 11.4. The van der Waals surface area contributed by atoms with E-state index in [0.29, 0.717) is 12.2 Å². The fourth-order valence-electron chi connectivity index (χ4n) is 2.35. The summed E-state index contributed by atoms with van der Waals surface area (Å²) in [6, 6.07) is 0. The van der Waals surface area contributed by atoms with Crippen LogP contribution in [0, 0.1) is 10.1 Å². The number of carboxylic acids is 1. The van der Waals surface area contributed by atoms with Crippen LogP contribution in [-0.4, -0.2) is 33.0 Å². The maximum Gasteiger partial charge on any atom is 0.340 e. The van der Waals surface area contributed by atoms with Gasteiger partial charge in [-0.2, -0.15) is 0 Å². The highest BCUT2D eigenvalue weighted by atomic mass is 16.6. The second-order valence-corrected chi connectivity index (χ2v) is 3.95. The predicted molar refractivity (Wildman–Crippen MR) is 59.7 cm³/mol. The lowest BCUT2D eigenvalue weighted by atomic mass is 9.86. The molecule has 0 amide bonds. The van der Waals surface area contributed by atoms with Crippen molar-refractivity contribution in [2.75, 3.05) is 6.54 Å². The van der Waals surface area contributed by atoms with Crippen molar-refractivity contribution in [3.8, 4) is 0 Å². The number of carbonyl (C=O) groups is 1. The Morgan fingerprint density at radius 2 is 2.41 bits per heavy atom. The van der Waals surface area contributed by atoms with E-state index < -0.39 is 16.4 Å². The Balaban J connectivity index is 2.62. The third-order valence-electron chi connectivity index (χ3n) is 3.21. The number of carboxylic acid groups (broad SMARTS) is 1. The Morgan fingerprint density at radius 1 is 1.71 bits per heavy atom. The van der Waals surface area contributed by atoms with Crippen LogP contribution in [0.1, 0.15) is 13.3 Å². The van der Waals surface area contributed by atoms with Crippen molar-refractivity contribution in [2.24, 2.45) is 0 Å². The molecule has 2 rings (SSSR count). The number of hydrogen-bond donors (Lipinski definition) is 1. The van der Waals surface area contributed by atoms with Gasteiger partial charge < -0.3 is 10.0 Å². The first-order valence-electron chi connectivity index (χ1n) is 5.28. The molecule has 0 aromatic rings. The number of fused-ring (bicyclic) bond motifs is 1. The molecule has 1 unspecified atom stereocenters. The van der Waals surface area contributed by atoms with Gasteiger partial charge in [0.2, 0.25) is 0 Å². The van der Waals surface area contributed by atoms with E-state index in [4.69, 9.17) is 5.11 Å². The molecule has 0 aliphatic carbocycles. The predicted octanol–water partition coefficient (Wildman–Crippen LogP) is 1.15. The van der Waals surface area contributed by atoms with E-state index in [0.717, 1.165) is 0 Å². The first-order valence-corrected chi connectivity index (χ1v) is 5.28. The van der Waals surface area contributed by atoms with E-state index >= 15 is 0 Å². The molecule has 0 aromatic heterocycles. The van der Waals surface area contributed by atoms with Gasteiger partial charge in [0.05, 0.1) is 0 Å². The van der Waals surface area contributed by atoms with Crippen LogP contribution in [0.2, 0.25) is 0 Å². The van der Waals surface area contributed by atoms with E-state index in [-0.39, 0.29) is 12.0 Å². The maximum atomic E-state index is 11.3. The molecule has 90 valence electrons. The van der Waals surface area contributed by atoms with Gasteiger partial charge in [0.1, 0.15) is 11.3 Å². The zero-order valence-electron chi connectivity index (χ0n) is 9.29. The SMILES string of the molecule is CCC1([N+](=O)[O-])C(C(=O)O)=CN2CC=CC=C21. The van der Waals surface area contributed by atoms with Gasteiger partial charge in [-0.25, -0.2) is 4.79 Å². The zero-order chi connectivity index (χ0) is 12.6. The second-order valence-electron chi connectivity index (χ2n) is 3.95. The topological polar surface area (TPSA) is 83.7 Å². The van der Waals surface area contributed by atoms with E-state index in [1.165, 1.54) is 6.20 Å². The van der Waals surface area contributed by atoms with E-state index in [1.54, 1.807) is 24.0 Å². The number of allylic oxidation sites excluding steroid dienone is 2. The molecule has 0 saturated heterocycles. The summed E-state index contributed by atoms with van der Waals surface area (Å²) in [6.45, 7) is 2.10. The summed E-state index contributed by atoms with van der Waals surface area (Å²) in [5.41, 5.74) is -1.35. The molecule has 2 aliphatic rings. The quantitative estimate of drug-likeness (QED) is 0.587. The smallest absolute Gasteiger partial charge is 0.340 e.